The number of rotatable bonds is 4. The van der Waals surface area contributed by atoms with Crippen LogP contribution in [0, 0.1) is 0 Å². The zero-order valence-corrected chi connectivity index (χ0v) is 14.9. The number of fused-ring (bicyclic) bond motifs is 1. The van der Waals surface area contributed by atoms with Gasteiger partial charge in [-0.25, -0.2) is 0 Å². The van der Waals surface area contributed by atoms with Gasteiger partial charge < -0.3 is 15.2 Å². The highest BCUT2D eigenvalue weighted by molar-refractivity contribution is 5.39. The van der Waals surface area contributed by atoms with Crippen molar-refractivity contribution in [2.24, 2.45) is 0 Å². The molecule has 2 aromatic carbocycles. The van der Waals surface area contributed by atoms with Crippen LogP contribution < -0.4 is 10.1 Å². The second kappa shape index (κ2) is 6.81. The van der Waals surface area contributed by atoms with Gasteiger partial charge in [-0.2, -0.15) is 0 Å². The predicted molar refractivity (Wildman–Crippen MR) is 99.5 cm³/mol. The van der Waals surface area contributed by atoms with Crippen LogP contribution in [0.4, 0.5) is 0 Å². The third-order valence-electron chi connectivity index (χ3n) is 5.80. The van der Waals surface area contributed by atoms with Crippen LogP contribution >= 0.6 is 0 Å². The number of aliphatic hydroxyl groups excluding tert-OH is 1. The largest absolute Gasteiger partial charge is 0.487 e. The molecule has 1 saturated carbocycles. The Hall–Kier alpha value is -1.84. The first kappa shape index (κ1) is 16.6. The molecule has 1 aliphatic heterocycles. The van der Waals surface area contributed by atoms with E-state index in [0.29, 0.717) is 6.04 Å². The minimum Gasteiger partial charge on any atom is -0.487 e. The topological polar surface area (TPSA) is 41.5 Å². The number of aliphatic hydroxyl groups is 1. The van der Waals surface area contributed by atoms with Crippen molar-refractivity contribution in [3.8, 4) is 5.75 Å². The van der Waals surface area contributed by atoms with Gasteiger partial charge in [0.2, 0.25) is 0 Å². The second-order valence-corrected chi connectivity index (χ2v) is 7.58. The molecule has 3 nitrogen and oxygen atoms in total. The van der Waals surface area contributed by atoms with Gasteiger partial charge in [-0.1, -0.05) is 42.5 Å². The van der Waals surface area contributed by atoms with E-state index in [4.69, 9.17) is 4.74 Å². The van der Waals surface area contributed by atoms with E-state index < -0.39 is 0 Å². The molecule has 132 valence electrons. The maximum atomic E-state index is 9.40. The van der Waals surface area contributed by atoms with Crippen molar-refractivity contribution < 1.29 is 9.84 Å². The fraction of sp³-hybridized carbons (Fsp3) is 0.455. The molecule has 1 spiro atoms. The molecular formula is C22H27NO2. The number of ether oxygens (including phenoxy) is 1. The summed E-state index contributed by atoms with van der Waals surface area (Å²) < 4.78 is 6.46. The monoisotopic (exact) mass is 337 g/mol. The van der Waals surface area contributed by atoms with E-state index in [2.05, 4.69) is 48.6 Å². The van der Waals surface area contributed by atoms with Crippen LogP contribution in [0.1, 0.15) is 67.8 Å². The van der Waals surface area contributed by atoms with Crippen LogP contribution in [0.2, 0.25) is 0 Å². The van der Waals surface area contributed by atoms with Crippen molar-refractivity contribution in [3.05, 3.63) is 65.2 Å². The summed E-state index contributed by atoms with van der Waals surface area (Å²) in [5.74, 6) is 1.05. The van der Waals surface area contributed by atoms with Gasteiger partial charge in [0.15, 0.2) is 0 Å². The Morgan fingerprint density at radius 2 is 1.96 bits per heavy atom. The lowest BCUT2D eigenvalue weighted by Gasteiger charge is -2.41. The Balaban J connectivity index is 1.59. The molecule has 0 aromatic heterocycles. The number of para-hydroxylation sites is 1. The van der Waals surface area contributed by atoms with Crippen LogP contribution in [-0.2, 0) is 6.61 Å². The average Bonchev–Trinajstić information content (AvgIpc) is 3.09. The quantitative estimate of drug-likeness (QED) is 0.852. The minimum absolute atomic E-state index is 0.0126. The van der Waals surface area contributed by atoms with Gasteiger partial charge >= 0.3 is 0 Å². The van der Waals surface area contributed by atoms with E-state index >= 15 is 0 Å². The van der Waals surface area contributed by atoms with Gasteiger partial charge in [0.25, 0.3) is 0 Å². The molecule has 1 heterocycles. The third kappa shape index (κ3) is 3.31. The second-order valence-electron chi connectivity index (χ2n) is 7.58. The molecule has 0 amide bonds. The predicted octanol–water partition coefficient (Wildman–Crippen LogP) is 4.67. The highest BCUT2D eigenvalue weighted by Gasteiger charge is 2.43. The normalized spacial score (nSPS) is 22.4. The molecule has 25 heavy (non-hydrogen) atoms. The summed E-state index contributed by atoms with van der Waals surface area (Å²) in [4.78, 5) is 0. The van der Waals surface area contributed by atoms with Gasteiger partial charge in [0, 0.05) is 24.1 Å². The zero-order chi connectivity index (χ0) is 17.3. The van der Waals surface area contributed by atoms with Gasteiger partial charge in [0.05, 0.1) is 6.61 Å². The molecule has 1 aliphatic carbocycles. The summed E-state index contributed by atoms with van der Waals surface area (Å²) in [5.41, 5.74) is 3.46. The lowest BCUT2D eigenvalue weighted by molar-refractivity contribution is 0.0351. The van der Waals surface area contributed by atoms with E-state index in [0.717, 1.165) is 30.6 Å². The molecule has 0 bridgehead atoms. The summed E-state index contributed by atoms with van der Waals surface area (Å²) in [7, 11) is 0. The maximum Gasteiger partial charge on any atom is 0.124 e. The van der Waals surface area contributed by atoms with Gasteiger partial charge in [-0.15, -0.1) is 0 Å². The molecule has 0 saturated heterocycles. The van der Waals surface area contributed by atoms with Crippen molar-refractivity contribution in [1.29, 1.82) is 0 Å². The number of hydrogen-bond donors (Lipinski definition) is 2. The fourth-order valence-electron chi connectivity index (χ4n) is 4.45. The first-order valence-corrected chi connectivity index (χ1v) is 9.43. The van der Waals surface area contributed by atoms with Crippen molar-refractivity contribution in [2.45, 2.75) is 63.3 Å². The lowest BCUT2D eigenvalue weighted by atomic mass is 9.85. The van der Waals surface area contributed by atoms with Crippen LogP contribution in [0.25, 0.3) is 0 Å². The first-order valence-electron chi connectivity index (χ1n) is 9.43. The van der Waals surface area contributed by atoms with Crippen molar-refractivity contribution in [1.82, 2.24) is 5.32 Å². The van der Waals surface area contributed by atoms with Crippen molar-refractivity contribution >= 4 is 0 Å². The van der Waals surface area contributed by atoms with Gasteiger partial charge in [0.1, 0.15) is 11.4 Å². The van der Waals surface area contributed by atoms with Crippen LogP contribution in [0.5, 0.6) is 5.75 Å². The Morgan fingerprint density at radius 3 is 2.76 bits per heavy atom. The van der Waals surface area contributed by atoms with Crippen LogP contribution in [0.15, 0.2) is 48.5 Å². The van der Waals surface area contributed by atoms with Gasteiger partial charge in [-0.3, -0.25) is 0 Å². The molecule has 3 heteroatoms. The Bertz CT molecular complexity index is 736. The SMILES string of the molecule is CC(NC1CC2(CCCC2)Oc2ccccc21)c1cccc(CO)c1. The lowest BCUT2D eigenvalue weighted by Crippen LogP contribution is -2.42. The Morgan fingerprint density at radius 1 is 1.16 bits per heavy atom. The first-order chi connectivity index (χ1) is 12.2. The molecule has 0 radical (unpaired) electrons. The highest BCUT2D eigenvalue weighted by atomic mass is 16.5. The van der Waals surface area contributed by atoms with E-state index in [1.165, 1.54) is 24.0 Å². The van der Waals surface area contributed by atoms with Gasteiger partial charge in [-0.05, 0) is 49.8 Å². The molecule has 2 aromatic rings. The third-order valence-corrected chi connectivity index (χ3v) is 5.80. The smallest absolute Gasteiger partial charge is 0.124 e. The van der Waals surface area contributed by atoms with E-state index in [1.54, 1.807) is 0 Å². The number of benzene rings is 2. The van der Waals surface area contributed by atoms with Crippen LogP contribution in [0.3, 0.4) is 0 Å². The standard InChI is InChI=1S/C22H27NO2/c1-16(18-8-6-7-17(13-18)15-24)23-20-14-22(11-4-5-12-22)25-21-10-3-2-9-19(20)21/h2-3,6-10,13,16,20,23-24H,4-5,11-12,14-15H2,1H3. The summed E-state index contributed by atoms with van der Waals surface area (Å²) in [6, 6.07) is 17.2. The molecule has 1 fully saturated rings. The highest BCUT2D eigenvalue weighted by Crippen LogP contribution is 2.47. The Labute approximate surface area is 150 Å². The van der Waals surface area contributed by atoms with E-state index in [1.807, 2.05) is 12.1 Å². The number of hydrogen-bond acceptors (Lipinski definition) is 3. The zero-order valence-electron chi connectivity index (χ0n) is 14.9. The van der Waals surface area contributed by atoms with E-state index in [-0.39, 0.29) is 18.2 Å². The molecular weight excluding hydrogens is 310 g/mol. The summed E-state index contributed by atoms with van der Waals surface area (Å²) in [5, 5.41) is 13.2. The van der Waals surface area contributed by atoms with Crippen molar-refractivity contribution in [3.63, 3.8) is 0 Å². The minimum atomic E-state index is 0.0126. The molecule has 4 rings (SSSR count). The van der Waals surface area contributed by atoms with Crippen molar-refractivity contribution in [2.75, 3.05) is 0 Å². The average molecular weight is 337 g/mol. The Kier molecular flexibility index (Phi) is 4.53. The fourth-order valence-corrected chi connectivity index (χ4v) is 4.45. The van der Waals surface area contributed by atoms with Crippen LogP contribution in [-0.4, -0.2) is 10.7 Å². The summed E-state index contributed by atoms with van der Waals surface area (Å²) in [6.07, 6.45) is 5.89. The molecule has 2 aliphatic rings. The molecule has 2 N–H and O–H groups in total. The molecule has 2 unspecified atom stereocenters. The molecule has 2 atom stereocenters. The summed E-state index contributed by atoms with van der Waals surface area (Å²) in [6.45, 7) is 2.29. The summed E-state index contributed by atoms with van der Waals surface area (Å²) >= 11 is 0. The maximum absolute atomic E-state index is 9.40. The van der Waals surface area contributed by atoms with E-state index in [9.17, 15) is 5.11 Å². The number of nitrogens with one attached hydrogen (secondary N) is 1.